The largest absolute Gasteiger partial charge is 0.234 e. The number of rotatable bonds is 3. The Morgan fingerprint density at radius 2 is 1.94 bits per heavy atom. The van der Waals surface area contributed by atoms with Crippen LogP contribution in [0.2, 0.25) is 10.0 Å². The number of para-hydroxylation sites is 1. The van der Waals surface area contributed by atoms with Gasteiger partial charge in [0, 0.05) is 4.43 Å². The van der Waals surface area contributed by atoms with Crippen LogP contribution in [0.5, 0.6) is 0 Å². The zero-order chi connectivity index (χ0) is 12.7. The molecule has 0 bridgehead atoms. The van der Waals surface area contributed by atoms with Crippen LogP contribution in [-0.4, -0.2) is 9.78 Å². The molecule has 5 heteroatoms. The number of hydrogen-bond acceptors (Lipinski definition) is 1. The first kappa shape index (κ1) is 12.8. The maximum Gasteiger partial charge on any atom is 0.102 e. The van der Waals surface area contributed by atoms with Crippen molar-refractivity contribution in [2.24, 2.45) is 0 Å². The van der Waals surface area contributed by atoms with Gasteiger partial charge in [0.05, 0.1) is 21.9 Å². The molecule has 0 atom stereocenters. The van der Waals surface area contributed by atoms with E-state index in [1.54, 1.807) is 0 Å². The van der Waals surface area contributed by atoms with Gasteiger partial charge in [-0.15, -0.1) is 0 Å². The molecule has 0 spiro atoms. The first-order valence-corrected chi connectivity index (χ1v) is 8.07. The third-order valence-corrected chi connectivity index (χ3v) is 4.53. The number of nitrogens with zero attached hydrogens (tertiary/aromatic N) is 2. The summed E-state index contributed by atoms with van der Waals surface area (Å²) in [4.78, 5) is 0. The van der Waals surface area contributed by atoms with Gasteiger partial charge in [0.1, 0.15) is 5.69 Å². The number of halogens is 3. The lowest BCUT2D eigenvalue weighted by molar-refractivity contribution is 0.842. The highest BCUT2D eigenvalue weighted by Gasteiger charge is 2.29. The average molecular weight is 393 g/mol. The highest BCUT2D eigenvalue weighted by atomic mass is 127. The van der Waals surface area contributed by atoms with Crippen molar-refractivity contribution >= 4 is 45.8 Å². The highest BCUT2D eigenvalue weighted by Crippen LogP contribution is 2.43. The predicted octanol–water partition coefficient (Wildman–Crippen LogP) is 4.99. The van der Waals surface area contributed by atoms with Gasteiger partial charge in [-0.2, -0.15) is 5.10 Å². The first-order valence-electron chi connectivity index (χ1n) is 5.79. The van der Waals surface area contributed by atoms with Crippen molar-refractivity contribution in [2.75, 3.05) is 0 Å². The van der Waals surface area contributed by atoms with Gasteiger partial charge in [-0.05, 0) is 36.5 Å². The molecule has 1 aromatic heterocycles. The second kappa shape index (κ2) is 5.02. The molecule has 1 aromatic carbocycles. The molecule has 1 aliphatic rings. The molecule has 1 aliphatic carbocycles. The third-order valence-electron chi connectivity index (χ3n) is 3.19. The normalized spacial score (nSPS) is 15.1. The summed E-state index contributed by atoms with van der Waals surface area (Å²) in [6.07, 6.45) is 4.50. The van der Waals surface area contributed by atoms with Gasteiger partial charge in [-0.1, -0.05) is 51.9 Å². The van der Waals surface area contributed by atoms with Crippen LogP contribution in [0.15, 0.2) is 24.4 Å². The summed E-state index contributed by atoms with van der Waals surface area (Å²) in [5.74, 6) is 0.685. The molecule has 0 aliphatic heterocycles. The lowest BCUT2D eigenvalue weighted by Gasteiger charge is -2.10. The first-order chi connectivity index (χ1) is 8.72. The summed E-state index contributed by atoms with van der Waals surface area (Å²) in [5.41, 5.74) is 3.35. The number of aromatic nitrogens is 2. The van der Waals surface area contributed by atoms with Crippen LogP contribution in [0.3, 0.4) is 0 Å². The Balaban J connectivity index is 2.16. The Hall–Kier alpha value is -0.260. The third kappa shape index (κ3) is 2.17. The van der Waals surface area contributed by atoms with E-state index in [9.17, 15) is 0 Å². The van der Waals surface area contributed by atoms with Crippen molar-refractivity contribution in [1.82, 2.24) is 9.78 Å². The summed E-state index contributed by atoms with van der Waals surface area (Å²) >= 11 is 14.9. The van der Waals surface area contributed by atoms with E-state index in [0.717, 1.165) is 10.1 Å². The zero-order valence-electron chi connectivity index (χ0n) is 9.54. The quantitative estimate of drug-likeness (QED) is 0.531. The Morgan fingerprint density at radius 1 is 1.28 bits per heavy atom. The lowest BCUT2D eigenvalue weighted by Crippen LogP contribution is -2.03. The second-order valence-electron chi connectivity index (χ2n) is 4.44. The predicted molar refractivity (Wildman–Crippen MR) is 83.3 cm³/mol. The Labute approximate surface area is 129 Å². The van der Waals surface area contributed by atoms with Crippen molar-refractivity contribution in [2.45, 2.75) is 23.2 Å². The number of hydrogen-bond donors (Lipinski definition) is 0. The van der Waals surface area contributed by atoms with Gasteiger partial charge < -0.3 is 0 Å². The minimum absolute atomic E-state index is 0.638. The van der Waals surface area contributed by atoms with Crippen LogP contribution < -0.4 is 0 Å². The van der Waals surface area contributed by atoms with Crippen molar-refractivity contribution < 1.29 is 0 Å². The van der Waals surface area contributed by atoms with E-state index in [1.807, 2.05) is 29.1 Å². The average Bonchev–Trinajstić information content (AvgIpc) is 3.10. The van der Waals surface area contributed by atoms with Crippen LogP contribution in [0.4, 0.5) is 0 Å². The minimum Gasteiger partial charge on any atom is -0.234 e. The van der Waals surface area contributed by atoms with Crippen LogP contribution in [-0.2, 0) is 4.43 Å². The monoisotopic (exact) mass is 392 g/mol. The zero-order valence-corrected chi connectivity index (χ0v) is 13.2. The van der Waals surface area contributed by atoms with Gasteiger partial charge in [-0.25, -0.2) is 4.68 Å². The fourth-order valence-electron chi connectivity index (χ4n) is 2.14. The van der Waals surface area contributed by atoms with E-state index in [1.165, 1.54) is 24.1 Å². The molecular weight excluding hydrogens is 382 g/mol. The van der Waals surface area contributed by atoms with Crippen LogP contribution in [0.1, 0.15) is 30.0 Å². The van der Waals surface area contributed by atoms with Crippen LogP contribution >= 0.6 is 45.8 Å². The maximum atomic E-state index is 6.25. The molecular formula is C13H11Cl2IN2. The van der Waals surface area contributed by atoms with Gasteiger partial charge in [0.2, 0.25) is 0 Å². The van der Waals surface area contributed by atoms with Crippen LogP contribution in [0.25, 0.3) is 5.69 Å². The fraction of sp³-hybridized carbons (Fsp3) is 0.308. The summed E-state index contributed by atoms with van der Waals surface area (Å²) < 4.78 is 2.80. The highest BCUT2D eigenvalue weighted by molar-refractivity contribution is 14.1. The van der Waals surface area contributed by atoms with Crippen LogP contribution in [0, 0.1) is 0 Å². The van der Waals surface area contributed by atoms with Crippen molar-refractivity contribution in [3.05, 3.63) is 45.7 Å². The van der Waals surface area contributed by atoms with E-state index in [0.29, 0.717) is 16.0 Å². The maximum absolute atomic E-state index is 6.25. The molecule has 2 aromatic rings. The Morgan fingerprint density at radius 3 is 2.50 bits per heavy atom. The van der Waals surface area contributed by atoms with Gasteiger partial charge >= 0.3 is 0 Å². The molecule has 94 valence electrons. The summed E-state index contributed by atoms with van der Waals surface area (Å²) in [5, 5.41) is 5.76. The molecule has 3 rings (SSSR count). The molecule has 2 nitrogen and oxygen atoms in total. The second-order valence-corrected chi connectivity index (χ2v) is 6.01. The van der Waals surface area contributed by atoms with Gasteiger partial charge in [0.15, 0.2) is 0 Å². The minimum atomic E-state index is 0.638. The lowest BCUT2D eigenvalue weighted by atomic mass is 10.2. The van der Waals surface area contributed by atoms with E-state index >= 15 is 0 Å². The molecule has 18 heavy (non-hydrogen) atoms. The standard InChI is InChI=1S/C13H11Cl2IN2/c14-10-2-1-3-11(15)13(10)18-12(6-16)9(7-17-18)8-4-5-8/h1-3,7-8H,4-6H2. The number of benzene rings is 1. The van der Waals surface area contributed by atoms with E-state index in [2.05, 4.69) is 27.7 Å². The van der Waals surface area contributed by atoms with Crippen molar-refractivity contribution in [1.29, 1.82) is 0 Å². The van der Waals surface area contributed by atoms with Gasteiger partial charge in [0.25, 0.3) is 0 Å². The SMILES string of the molecule is Clc1cccc(Cl)c1-n1ncc(C2CC2)c1CI. The van der Waals surface area contributed by atoms with E-state index in [4.69, 9.17) is 23.2 Å². The molecule has 0 amide bonds. The van der Waals surface area contributed by atoms with Gasteiger partial charge in [-0.3, -0.25) is 0 Å². The Bertz CT molecular complexity index is 570. The smallest absolute Gasteiger partial charge is 0.102 e. The fourth-order valence-corrected chi connectivity index (χ4v) is 3.46. The van der Waals surface area contributed by atoms with Crippen molar-refractivity contribution in [3.8, 4) is 5.69 Å². The van der Waals surface area contributed by atoms with E-state index < -0.39 is 0 Å². The summed E-state index contributed by atoms with van der Waals surface area (Å²) in [6, 6.07) is 5.54. The summed E-state index contributed by atoms with van der Waals surface area (Å²) in [7, 11) is 0. The summed E-state index contributed by atoms with van der Waals surface area (Å²) in [6.45, 7) is 0. The molecule has 1 heterocycles. The van der Waals surface area contributed by atoms with E-state index in [-0.39, 0.29) is 0 Å². The molecule has 0 N–H and O–H groups in total. The Kier molecular flexibility index (Phi) is 3.56. The molecule has 0 saturated heterocycles. The molecule has 1 saturated carbocycles. The molecule has 0 radical (unpaired) electrons. The topological polar surface area (TPSA) is 17.8 Å². The number of alkyl halides is 1. The van der Waals surface area contributed by atoms with Crippen molar-refractivity contribution in [3.63, 3.8) is 0 Å². The molecule has 0 unspecified atom stereocenters. The molecule has 1 fully saturated rings.